The van der Waals surface area contributed by atoms with Gasteiger partial charge in [0.15, 0.2) is 0 Å². The lowest BCUT2D eigenvalue weighted by molar-refractivity contribution is -0.112. The molecule has 0 fully saturated rings. The van der Waals surface area contributed by atoms with Crippen LogP contribution in [0.1, 0.15) is 16.7 Å². The van der Waals surface area contributed by atoms with E-state index in [9.17, 15) is 10.1 Å². The van der Waals surface area contributed by atoms with Crippen LogP contribution < -0.4 is 14.8 Å². The van der Waals surface area contributed by atoms with Gasteiger partial charge in [0.05, 0.1) is 5.02 Å². The van der Waals surface area contributed by atoms with Gasteiger partial charge in [-0.25, -0.2) is 0 Å². The molecule has 0 heterocycles. The highest BCUT2D eigenvalue weighted by Crippen LogP contribution is 2.27. The summed E-state index contributed by atoms with van der Waals surface area (Å²) >= 11 is 9.78. The zero-order valence-corrected chi connectivity index (χ0v) is 22.0. The van der Waals surface area contributed by atoms with Crippen molar-refractivity contribution in [1.82, 2.24) is 0 Å². The lowest BCUT2D eigenvalue weighted by atomic mass is 10.1. The van der Waals surface area contributed by atoms with Crippen molar-refractivity contribution >= 4 is 45.2 Å². The van der Waals surface area contributed by atoms with Gasteiger partial charge in [0.1, 0.15) is 36.4 Å². The summed E-state index contributed by atoms with van der Waals surface area (Å²) in [5.74, 6) is 0.667. The molecule has 0 aromatic heterocycles. The lowest BCUT2D eigenvalue weighted by Gasteiger charge is -2.09. The standard InChI is InChI=1S/C30H22BrClN2O3/c31-25-9-6-22(7-10-25)19-36-27-13-11-26(12-14-27)34-30(35)24(18-33)16-23-8-15-29(28(32)17-23)37-20-21-4-2-1-3-5-21/h1-17H,19-20H2,(H,34,35)/b24-16+. The molecule has 4 aromatic rings. The number of ether oxygens (including phenoxy) is 2. The van der Waals surface area contributed by atoms with E-state index in [-0.39, 0.29) is 5.57 Å². The summed E-state index contributed by atoms with van der Waals surface area (Å²) in [5, 5.41) is 12.7. The fraction of sp³-hybridized carbons (Fsp3) is 0.0667. The number of amides is 1. The maximum absolute atomic E-state index is 12.7. The monoisotopic (exact) mass is 572 g/mol. The van der Waals surface area contributed by atoms with Gasteiger partial charge in [-0.05, 0) is 71.3 Å². The largest absolute Gasteiger partial charge is 0.489 e. The molecule has 4 rings (SSSR count). The fourth-order valence-corrected chi connectivity index (χ4v) is 3.86. The molecule has 4 aromatic carbocycles. The zero-order chi connectivity index (χ0) is 26.0. The molecule has 0 atom stereocenters. The second-order valence-electron chi connectivity index (χ2n) is 8.03. The topological polar surface area (TPSA) is 71.3 Å². The molecule has 0 spiro atoms. The molecule has 0 radical (unpaired) electrons. The number of nitrogens with zero attached hydrogens (tertiary/aromatic N) is 1. The highest BCUT2D eigenvalue weighted by atomic mass is 79.9. The third-order valence-corrected chi connectivity index (χ3v) is 6.12. The second-order valence-corrected chi connectivity index (χ2v) is 9.35. The van der Waals surface area contributed by atoms with E-state index in [1.54, 1.807) is 42.5 Å². The Bertz CT molecular complexity index is 1430. The molecule has 5 nitrogen and oxygen atoms in total. The first kappa shape index (κ1) is 26.0. The Morgan fingerprint density at radius 3 is 2.24 bits per heavy atom. The van der Waals surface area contributed by atoms with Crippen molar-refractivity contribution in [2.45, 2.75) is 13.2 Å². The number of benzene rings is 4. The normalized spacial score (nSPS) is 10.9. The van der Waals surface area contributed by atoms with Crippen molar-refractivity contribution in [3.05, 3.63) is 129 Å². The average Bonchev–Trinajstić information content (AvgIpc) is 2.92. The zero-order valence-electron chi connectivity index (χ0n) is 19.7. The molecule has 0 aliphatic rings. The van der Waals surface area contributed by atoms with Crippen LogP contribution in [0.15, 0.2) is 107 Å². The summed E-state index contributed by atoms with van der Waals surface area (Å²) in [7, 11) is 0. The van der Waals surface area contributed by atoms with Gasteiger partial charge in [-0.1, -0.05) is 76.1 Å². The number of halogens is 2. The number of carbonyl (C=O) groups excluding carboxylic acids is 1. The Morgan fingerprint density at radius 1 is 0.892 bits per heavy atom. The van der Waals surface area contributed by atoms with Crippen molar-refractivity contribution in [3.63, 3.8) is 0 Å². The highest BCUT2D eigenvalue weighted by Gasteiger charge is 2.11. The third-order valence-electron chi connectivity index (χ3n) is 5.30. The second kappa shape index (κ2) is 12.8. The summed E-state index contributed by atoms with van der Waals surface area (Å²) in [4.78, 5) is 12.7. The highest BCUT2D eigenvalue weighted by molar-refractivity contribution is 9.10. The van der Waals surface area contributed by atoms with E-state index in [1.165, 1.54) is 6.08 Å². The first-order valence-electron chi connectivity index (χ1n) is 11.4. The van der Waals surface area contributed by atoms with E-state index in [0.29, 0.717) is 41.0 Å². The summed E-state index contributed by atoms with van der Waals surface area (Å²) in [6.45, 7) is 0.814. The number of rotatable bonds is 9. The van der Waals surface area contributed by atoms with Crippen LogP contribution in [-0.2, 0) is 18.0 Å². The van der Waals surface area contributed by atoms with E-state index in [2.05, 4.69) is 21.2 Å². The fourth-order valence-electron chi connectivity index (χ4n) is 3.35. The van der Waals surface area contributed by atoms with Crippen LogP contribution in [0, 0.1) is 11.3 Å². The van der Waals surface area contributed by atoms with E-state index in [0.717, 1.165) is 15.6 Å². The van der Waals surface area contributed by atoms with Gasteiger partial charge in [0, 0.05) is 10.2 Å². The smallest absolute Gasteiger partial charge is 0.266 e. The number of anilines is 1. The molecular weight excluding hydrogens is 552 g/mol. The third kappa shape index (κ3) is 7.71. The van der Waals surface area contributed by atoms with Gasteiger partial charge in [-0.15, -0.1) is 0 Å². The van der Waals surface area contributed by atoms with E-state index in [4.69, 9.17) is 21.1 Å². The minimum absolute atomic E-state index is 0.0513. The van der Waals surface area contributed by atoms with Crippen molar-refractivity contribution in [2.75, 3.05) is 5.32 Å². The van der Waals surface area contributed by atoms with Crippen LogP contribution in [-0.4, -0.2) is 5.91 Å². The molecule has 7 heteroatoms. The molecule has 0 saturated carbocycles. The van der Waals surface area contributed by atoms with Crippen LogP contribution in [0.5, 0.6) is 11.5 Å². The number of hydrogen-bond acceptors (Lipinski definition) is 4. The molecule has 1 amide bonds. The summed E-state index contributed by atoms with van der Waals surface area (Å²) in [6, 6.07) is 31.7. The Morgan fingerprint density at radius 2 is 1.57 bits per heavy atom. The van der Waals surface area contributed by atoms with E-state index in [1.807, 2.05) is 60.7 Å². The minimum Gasteiger partial charge on any atom is -0.489 e. The van der Waals surface area contributed by atoms with Crippen LogP contribution >= 0.6 is 27.5 Å². The minimum atomic E-state index is -0.522. The SMILES string of the molecule is N#C/C(=C\c1ccc(OCc2ccccc2)c(Cl)c1)C(=O)Nc1ccc(OCc2ccc(Br)cc2)cc1. The molecule has 0 aliphatic heterocycles. The number of hydrogen-bond donors (Lipinski definition) is 1. The Balaban J connectivity index is 1.35. The van der Waals surface area contributed by atoms with Gasteiger partial charge in [-0.3, -0.25) is 4.79 Å². The number of nitrogens with one attached hydrogen (secondary N) is 1. The summed E-state index contributed by atoms with van der Waals surface area (Å²) in [6.07, 6.45) is 1.48. The molecule has 0 bridgehead atoms. The van der Waals surface area contributed by atoms with E-state index >= 15 is 0 Å². The maximum Gasteiger partial charge on any atom is 0.266 e. The van der Waals surface area contributed by atoms with Gasteiger partial charge in [0.25, 0.3) is 5.91 Å². The van der Waals surface area contributed by atoms with Crippen molar-refractivity contribution < 1.29 is 14.3 Å². The van der Waals surface area contributed by atoms with Gasteiger partial charge in [-0.2, -0.15) is 5.26 Å². The predicted octanol–water partition coefficient (Wildman–Crippen LogP) is 7.81. The molecule has 1 N–H and O–H groups in total. The summed E-state index contributed by atoms with van der Waals surface area (Å²) in [5.41, 5.74) is 3.17. The number of carbonyl (C=O) groups is 1. The Kier molecular flexibility index (Phi) is 8.98. The molecule has 37 heavy (non-hydrogen) atoms. The maximum atomic E-state index is 12.7. The first-order chi connectivity index (χ1) is 18.0. The number of nitriles is 1. The van der Waals surface area contributed by atoms with Crippen LogP contribution in [0.25, 0.3) is 6.08 Å². The molecular formula is C30H22BrClN2O3. The predicted molar refractivity (Wildman–Crippen MR) is 149 cm³/mol. The average molecular weight is 574 g/mol. The van der Waals surface area contributed by atoms with Crippen molar-refractivity contribution in [1.29, 1.82) is 5.26 Å². The van der Waals surface area contributed by atoms with Crippen molar-refractivity contribution in [2.24, 2.45) is 0 Å². The van der Waals surface area contributed by atoms with Crippen LogP contribution in [0.4, 0.5) is 5.69 Å². The molecule has 0 saturated heterocycles. The van der Waals surface area contributed by atoms with Gasteiger partial charge < -0.3 is 14.8 Å². The van der Waals surface area contributed by atoms with Crippen LogP contribution in [0.3, 0.4) is 0 Å². The Hall–Kier alpha value is -4.05. The van der Waals surface area contributed by atoms with Crippen molar-refractivity contribution in [3.8, 4) is 17.6 Å². The van der Waals surface area contributed by atoms with E-state index < -0.39 is 5.91 Å². The quantitative estimate of drug-likeness (QED) is 0.164. The molecule has 184 valence electrons. The van der Waals surface area contributed by atoms with Gasteiger partial charge >= 0.3 is 0 Å². The molecule has 0 aliphatic carbocycles. The molecule has 0 unspecified atom stereocenters. The first-order valence-corrected chi connectivity index (χ1v) is 12.5. The van der Waals surface area contributed by atoms with Gasteiger partial charge in [0.2, 0.25) is 0 Å². The Labute approximate surface area is 229 Å². The van der Waals surface area contributed by atoms with Crippen LogP contribution in [0.2, 0.25) is 5.02 Å². The lowest BCUT2D eigenvalue weighted by Crippen LogP contribution is -2.13. The summed E-state index contributed by atoms with van der Waals surface area (Å²) < 4.78 is 12.6.